The minimum absolute atomic E-state index is 0. The summed E-state index contributed by atoms with van der Waals surface area (Å²) < 4.78 is 41.6. The molecular formula is C24H36F3N5. The number of pyridine rings is 2. The smallest absolute Gasteiger partial charge is 0.327 e. The zero-order valence-corrected chi connectivity index (χ0v) is 18.7. The number of aromatic amines is 1. The van der Waals surface area contributed by atoms with Crippen molar-refractivity contribution in [1.82, 2.24) is 20.2 Å². The van der Waals surface area contributed by atoms with E-state index in [4.69, 9.17) is 5.73 Å². The van der Waals surface area contributed by atoms with E-state index >= 15 is 0 Å². The van der Waals surface area contributed by atoms with Crippen LogP contribution in [0.3, 0.4) is 0 Å². The van der Waals surface area contributed by atoms with Crippen LogP contribution in [-0.4, -0.2) is 26.2 Å². The molecule has 3 unspecified atom stereocenters. The highest BCUT2D eigenvalue weighted by atomic mass is 19.4. The lowest BCUT2D eigenvalue weighted by molar-refractivity contribution is -0.137. The van der Waals surface area contributed by atoms with E-state index in [0.29, 0.717) is 22.6 Å². The monoisotopic (exact) mass is 451 g/mol. The molecule has 5 nitrogen and oxygen atoms in total. The highest BCUT2D eigenvalue weighted by molar-refractivity contribution is 5.90. The minimum Gasteiger partial charge on any atom is -0.327 e. The Bertz CT molecular complexity index is 1110. The quantitative estimate of drug-likeness (QED) is 0.446. The molecule has 3 atom stereocenters. The second kappa shape index (κ2) is 8.46. The Morgan fingerprint density at radius 3 is 2.72 bits per heavy atom. The van der Waals surface area contributed by atoms with Crippen LogP contribution in [0, 0.1) is 11.3 Å². The lowest BCUT2D eigenvalue weighted by atomic mass is 9.61. The molecule has 1 fully saturated rings. The molecule has 0 aromatic carbocycles. The van der Waals surface area contributed by atoms with E-state index in [1.807, 2.05) is 0 Å². The van der Waals surface area contributed by atoms with Crippen LogP contribution in [0.4, 0.5) is 13.2 Å². The largest absolute Gasteiger partial charge is 0.418 e. The standard InChI is InChI=1S/C24H30F3N5.3H2/c1-4-23(12-14(2)3)13-15(7-10-19(23)28)18-9-8-17(24(25,26)27)21(30-18)20-16-6-5-11-29-22(16)32-31-20;;;/h5-6,8-9,11,14-15,19H,4,7,10,12-13,28H2,1-3H3,(H,29,31,32);3*1H. The molecule has 1 aliphatic rings. The van der Waals surface area contributed by atoms with Crippen LogP contribution < -0.4 is 5.73 Å². The minimum atomic E-state index is -4.53. The van der Waals surface area contributed by atoms with Crippen LogP contribution in [-0.2, 0) is 6.18 Å². The van der Waals surface area contributed by atoms with Gasteiger partial charge in [-0.25, -0.2) is 4.98 Å². The van der Waals surface area contributed by atoms with Crippen molar-refractivity contribution >= 4 is 11.0 Å². The molecule has 3 N–H and O–H groups in total. The predicted octanol–water partition coefficient (Wildman–Crippen LogP) is 6.81. The summed E-state index contributed by atoms with van der Waals surface area (Å²) in [5, 5.41) is 7.34. The molecule has 3 aromatic heterocycles. The number of nitrogens with one attached hydrogen (secondary N) is 1. The van der Waals surface area contributed by atoms with Gasteiger partial charge in [0.2, 0.25) is 0 Å². The summed E-state index contributed by atoms with van der Waals surface area (Å²) in [6.07, 6.45) is 1.50. The van der Waals surface area contributed by atoms with Gasteiger partial charge in [0.05, 0.1) is 11.3 Å². The number of hydrogen-bond acceptors (Lipinski definition) is 4. The van der Waals surface area contributed by atoms with Crippen molar-refractivity contribution < 1.29 is 17.5 Å². The average Bonchev–Trinajstić information content (AvgIpc) is 3.18. The molecule has 3 aromatic rings. The van der Waals surface area contributed by atoms with Gasteiger partial charge in [-0.15, -0.1) is 0 Å². The topological polar surface area (TPSA) is 80.5 Å². The van der Waals surface area contributed by atoms with E-state index < -0.39 is 11.7 Å². The Morgan fingerprint density at radius 2 is 2.03 bits per heavy atom. The van der Waals surface area contributed by atoms with Crippen LogP contribution in [0.25, 0.3) is 22.4 Å². The molecular weight excluding hydrogens is 415 g/mol. The van der Waals surface area contributed by atoms with Gasteiger partial charge in [0.1, 0.15) is 5.69 Å². The van der Waals surface area contributed by atoms with Gasteiger partial charge in [0.25, 0.3) is 0 Å². The van der Waals surface area contributed by atoms with E-state index in [0.717, 1.165) is 38.2 Å². The number of hydrogen-bond donors (Lipinski definition) is 2. The van der Waals surface area contributed by atoms with Crippen molar-refractivity contribution in [2.24, 2.45) is 17.1 Å². The van der Waals surface area contributed by atoms with Gasteiger partial charge in [0, 0.05) is 33.5 Å². The van der Waals surface area contributed by atoms with E-state index in [1.165, 1.54) is 0 Å². The Hall–Kier alpha value is -2.48. The van der Waals surface area contributed by atoms with Gasteiger partial charge in [-0.3, -0.25) is 10.1 Å². The second-order valence-electron chi connectivity index (χ2n) is 9.50. The maximum atomic E-state index is 13.9. The summed E-state index contributed by atoms with van der Waals surface area (Å²) in [6.45, 7) is 6.55. The van der Waals surface area contributed by atoms with Crippen molar-refractivity contribution in [3.05, 3.63) is 41.7 Å². The molecule has 3 heterocycles. The van der Waals surface area contributed by atoms with E-state index in [1.54, 1.807) is 24.4 Å². The van der Waals surface area contributed by atoms with Crippen molar-refractivity contribution in [3.63, 3.8) is 0 Å². The number of H-pyrrole nitrogens is 1. The zero-order valence-electron chi connectivity index (χ0n) is 18.7. The summed E-state index contributed by atoms with van der Waals surface area (Å²) in [4.78, 5) is 8.73. The fourth-order valence-electron chi connectivity index (χ4n) is 5.43. The summed E-state index contributed by atoms with van der Waals surface area (Å²) in [6, 6.07) is 6.19. The summed E-state index contributed by atoms with van der Waals surface area (Å²) in [7, 11) is 0. The maximum absolute atomic E-state index is 13.9. The Labute approximate surface area is 190 Å². The molecule has 0 spiro atoms. The third kappa shape index (κ3) is 4.12. The first-order valence-corrected chi connectivity index (χ1v) is 11.3. The summed E-state index contributed by atoms with van der Waals surface area (Å²) >= 11 is 0. The highest BCUT2D eigenvalue weighted by Gasteiger charge is 2.43. The van der Waals surface area contributed by atoms with Crippen LogP contribution in [0.15, 0.2) is 30.5 Å². The predicted molar refractivity (Wildman–Crippen MR) is 125 cm³/mol. The van der Waals surface area contributed by atoms with Crippen molar-refractivity contribution in [2.45, 2.75) is 71.0 Å². The lowest BCUT2D eigenvalue weighted by Gasteiger charge is -2.46. The van der Waals surface area contributed by atoms with Crippen molar-refractivity contribution in [1.29, 1.82) is 0 Å². The summed E-state index contributed by atoms with van der Waals surface area (Å²) in [5.74, 6) is 0.571. The van der Waals surface area contributed by atoms with Crippen molar-refractivity contribution in [3.8, 4) is 11.4 Å². The Morgan fingerprint density at radius 1 is 1.25 bits per heavy atom. The van der Waals surface area contributed by atoms with E-state index in [2.05, 4.69) is 40.9 Å². The Kier molecular flexibility index (Phi) is 6.00. The number of nitrogens with zero attached hydrogens (tertiary/aromatic N) is 3. The van der Waals surface area contributed by atoms with Gasteiger partial charge in [-0.2, -0.15) is 18.3 Å². The zero-order chi connectivity index (χ0) is 23.1. The fraction of sp³-hybridized carbons (Fsp3) is 0.542. The first kappa shape index (κ1) is 22.7. The number of aromatic nitrogens is 4. The second-order valence-corrected chi connectivity index (χ2v) is 9.50. The maximum Gasteiger partial charge on any atom is 0.418 e. The first-order chi connectivity index (χ1) is 15.1. The fourth-order valence-corrected chi connectivity index (χ4v) is 5.43. The molecule has 32 heavy (non-hydrogen) atoms. The third-order valence-electron chi connectivity index (χ3n) is 6.99. The van der Waals surface area contributed by atoms with Crippen molar-refractivity contribution in [2.75, 3.05) is 0 Å². The SMILES string of the molecule is CCC1(CC(C)C)CC(c2ccc(C(F)(F)F)c(-c3[nH]nc4ncccc34)n2)CCC1N.[HH].[HH].[HH]. The molecule has 0 amide bonds. The average molecular weight is 452 g/mol. The molecule has 0 saturated heterocycles. The van der Waals surface area contributed by atoms with Crippen LogP contribution in [0.5, 0.6) is 0 Å². The molecule has 4 rings (SSSR count). The van der Waals surface area contributed by atoms with Gasteiger partial charge < -0.3 is 5.73 Å². The molecule has 1 aliphatic carbocycles. The lowest BCUT2D eigenvalue weighted by Crippen LogP contribution is -2.46. The molecule has 1 saturated carbocycles. The van der Waals surface area contributed by atoms with Crippen LogP contribution in [0.2, 0.25) is 0 Å². The number of nitrogens with two attached hydrogens (primary N) is 1. The number of alkyl halides is 3. The summed E-state index contributed by atoms with van der Waals surface area (Å²) in [5.41, 5.74) is 6.97. The van der Waals surface area contributed by atoms with Crippen LogP contribution >= 0.6 is 0 Å². The molecule has 0 aliphatic heterocycles. The number of fused-ring (bicyclic) bond motifs is 1. The molecule has 0 bridgehead atoms. The number of halogens is 3. The van der Waals surface area contributed by atoms with Gasteiger partial charge in [-0.05, 0) is 67.7 Å². The van der Waals surface area contributed by atoms with Gasteiger partial charge in [-0.1, -0.05) is 20.8 Å². The first-order valence-electron chi connectivity index (χ1n) is 11.3. The van der Waals surface area contributed by atoms with Crippen LogP contribution in [0.1, 0.15) is 74.3 Å². The normalized spacial score (nSPS) is 24.4. The molecule has 8 heteroatoms. The third-order valence-corrected chi connectivity index (χ3v) is 6.99. The van der Waals surface area contributed by atoms with E-state index in [-0.39, 0.29) is 33.0 Å². The Balaban J connectivity index is 0.00000204. The van der Waals surface area contributed by atoms with E-state index in [9.17, 15) is 13.2 Å². The van der Waals surface area contributed by atoms with Gasteiger partial charge in [0.15, 0.2) is 5.65 Å². The van der Waals surface area contributed by atoms with Gasteiger partial charge >= 0.3 is 6.18 Å². The highest BCUT2D eigenvalue weighted by Crippen LogP contribution is 2.49. The number of rotatable bonds is 5. The molecule has 0 radical (unpaired) electrons. The molecule has 178 valence electrons.